The maximum Gasteiger partial charge on any atom is 0.125 e. The standard InChI is InChI=1S/C14H16BrNO/c1-3-16-14(13-9-8-10(2)17-13)11-6-4-5-7-12(11)15/h4-9,14,16H,3H2,1-2H3. The van der Waals surface area contributed by atoms with Crippen molar-refractivity contribution in [3.8, 4) is 0 Å². The molecule has 0 bridgehead atoms. The fraction of sp³-hybridized carbons (Fsp3) is 0.286. The van der Waals surface area contributed by atoms with Crippen LogP contribution in [0.2, 0.25) is 0 Å². The van der Waals surface area contributed by atoms with E-state index in [9.17, 15) is 0 Å². The lowest BCUT2D eigenvalue weighted by atomic mass is 10.0. The highest BCUT2D eigenvalue weighted by atomic mass is 79.9. The number of rotatable bonds is 4. The molecule has 1 atom stereocenters. The van der Waals surface area contributed by atoms with Gasteiger partial charge in [-0.3, -0.25) is 0 Å². The highest BCUT2D eigenvalue weighted by Crippen LogP contribution is 2.29. The van der Waals surface area contributed by atoms with E-state index < -0.39 is 0 Å². The molecule has 1 N–H and O–H groups in total. The number of aryl methyl sites for hydroxylation is 1. The summed E-state index contributed by atoms with van der Waals surface area (Å²) in [5.41, 5.74) is 1.20. The fourth-order valence-corrected chi connectivity index (χ4v) is 2.40. The molecule has 0 radical (unpaired) electrons. The van der Waals surface area contributed by atoms with E-state index in [2.05, 4.69) is 40.3 Å². The molecule has 17 heavy (non-hydrogen) atoms. The average Bonchev–Trinajstić information content (AvgIpc) is 2.74. The summed E-state index contributed by atoms with van der Waals surface area (Å²) in [5.74, 6) is 1.89. The van der Waals surface area contributed by atoms with Gasteiger partial charge < -0.3 is 9.73 Å². The van der Waals surface area contributed by atoms with Crippen LogP contribution in [-0.4, -0.2) is 6.54 Å². The molecule has 0 aliphatic heterocycles. The largest absolute Gasteiger partial charge is 0.464 e. The second-order valence-corrected chi connectivity index (χ2v) is 4.81. The number of halogens is 1. The Kier molecular flexibility index (Phi) is 4.02. The lowest BCUT2D eigenvalue weighted by Crippen LogP contribution is -2.21. The molecular formula is C14H16BrNO. The summed E-state index contributed by atoms with van der Waals surface area (Å²) in [6, 6.07) is 12.3. The second kappa shape index (κ2) is 5.52. The molecule has 0 aliphatic carbocycles. The number of nitrogens with one attached hydrogen (secondary N) is 1. The van der Waals surface area contributed by atoms with Gasteiger partial charge in [0.25, 0.3) is 0 Å². The maximum absolute atomic E-state index is 5.72. The molecule has 0 amide bonds. The van der Waals surface area contributed by atoms with Crippen LogP contribution >= 0.6 is 15.9 Å². The van der Waals surface area contributed by atoms with Gasteiger partial charge in [0.1, 0.15) is 11.5 Å². The minimum absolute atomic E-state index is 0.101. The normalized spacial score (nSPS) is 12.6. The van der Waals surface area contributed by atoms with E-state index in [1.807, 2.05) is 31.2 Å². The van der Waals surface area contributed by atoms with Crippen LogP contribution in [0.25, 0.3) is 0 Å². The zero-order valence-corrected chi connectivity index (χ0v) is 11.6. The molecule has 1 heterocycles. The van der Waals surface area contributed by atoms with Gasteiger partial charge in [0.05, 0.1) is 6.04 Å². The van der Waals surface area contributed by atoms with Crippen LogP contribution in [0.3, 0.4) is 0 Å². The lowest BCUT2D eigenvalue weighted by Gasteiger charge is -2.17. The third-order valence-electron chi connectivity index (χ3n) is 2.67. The van der Waals surface area contributed by atoms with Crippen molar-refractivity contribution in [2.75, 3.05) is 6.54 Å². The topological polar surface area (TPSA) is 25.2 Å². The summed E-state index contributed by atoms with van der Waals surface area (Å²) < 4.78 is 6.82. The quantitative estimate of drug-likeness (QED) is 0.920. The zero-order valence-electron chi connectivity index (χ0n) is 10.0. The second-order valence-electron chi connectivity index (χ2n) is 3.96. The zero-order chi connectivity index (χ0) is 12.3. The van der Waals surface area contributed by atoms with Gasteiger partial charge in [-0.05, 0) is 37.2 Å². The van der Waals surface area contributed by atoms with Crippen LogP contribution in [0, 0.1) is 6.92 Å². The Labute approximate surface area is 110 Å². The highest BCUT2D eigenvalue weighted by Gasteiger charge is 2.18. The first-order valence-corrected chi connectivity index (χ1v) is 6.55. The molecule has 0 aliphatic rings. The van der Waals surface area contributed by atoms with Crippen molar-refractivity contribution in [2.45, 2.75) is 19.9 Å². The predicted molar refractivity (Wildman–Crippen MR) is 73.1 cm³/mol. The van der Waals surface area contributed by atoms with Crippen molar-refractivity contribution in [1.82, 2.24) is 5.32 Å². The first kappa shape index (κ1) is 12.4. The van der Waals surface area contributed by atoms with E-state index >= 15 is 0 Å². The van der Waals surface area contributed by atoms with Crippen LogP contribution in [-0.2, 0) is 0 Å². The first-order valence-electron chi connectivity index (χ1n) is 5.76. The smallest absolute Gasteiger partial charge is 0.125 e. The molecule has 1 aromatic heterocycles. The summed E-state index contributed by atoms with van der Waals surface area (Å²) >= 11 is 3.59. The Morgan fingerprint density at radius 3 is 2.59 bits per heavy atom. The molecule has 0 saturated carbocycles. The van der Waals surface area contributed by atoms with Crippen LogP contribution in [0.5, 0.6) is 0 Å². The molecule has 0 spiro atoms. The third kappa shape index (κ3) is 2.79. The van der Waals surface area contributed by atoms with Crippen molar-refractivity contribution >= 4 is 15.9 Å². The molecule has 90 valence electrons. The van der Waals surface area contributed by atoms with E-state index in [4.69, 9.17) is 4.42 Å². The van der Waals surface area contributed by atoms with Gasteiger partial charge in [-0.25, -0.2) is 0 Å². The van der Waals surface area contributed by atoms with Crippen molar-refractivity contribution in [3.63, 3.8) is 0 Å². The molecule has 2 rings (SSSR count). The van der Waals surface area contributed by atoms with Crippen molar-refractivity contribution in [1.29, 1.82) is 0 Å². The Bertz CT molecular complexity index is 492. The van der Waals surface area contributed by atoms with Crippen LogP contribution in [0.15, 0.2) is 45.3 Å². The van der Waals surface area contributed by atoms with Crippen LogP contribution in [0.4, 0.5) is 0 Å². The third-order valence-corrected chi connectivity index (χ3v) is 3.39. The van der Waals surface area contributed by atoms with Crippen molar-refractivity contribution < 1.29 is 4.42 Å². The van der Waals surface area contributed by atoms with Gasteiger partial charge in [0, 0.05) is 4.47 Å². The Balaban J connectivity index is 2.39. The molecule has 1 unspecified atom stereocenters. The van der Waals surface area contributed by atoms with Gasteiger partial charge in [-0.1, -0.05) is 41.1 Å². The molecule has 0 fully saturated rings. The monoisotopic (exact) mass is 293 g/mol. The fourth-order valence-electron chi connectivity index (χ4n) is 1.89. The minimum atomic E-state index is 0.101. The first-order chi connectivity index (χ1) is 8.22. The summed E-state index contributed by atoms with van der Waals surface area (Å²) in [6.45, 7) is 4.96. The number of benzene rings is 1. The van der Waals surface area contributed by atoms with Gasteiger partial charge in [0.15, 0.2) is 0 Å². The highest BCUT2D eigenvalue weighted by molar-refractivity contribution is 9.10. The molecule has 2 aromatic rings. The Morgan fingerprint density at radius 1 is 1.24 bits per heavy atom. The Hall–Kier alpha value is -1.06. The van der Waals surface area contributed by atoms with Crippen molar-refractivity contribution in [3.05, 3.63) is 58.0 Å². The molecule has 3 heteroatoms. The molecule has 2 nitrogen and oxygen atoms in total. The van der Waals surface area contributed by atoms with Crippen molar-refractivity contribution in [2.24, 2.45) is 0 Å². The van der Waals surface area contributed by atoms with Gasteiger partial charge in [-0.15, -0.1) is 0 Å². The predicted octanol–water partition coefficient (Wildman–Crippen LogP) is 4.05. The summed E-state index contributed by atoms with van der Waals surface area (Å²) in [7, 11) is 0. The summed E-state index contributed by atoms with van der Waals surface area (Å²) in [5, 5.41) is 3.45. The average molecular weight is 294 g/mol. The van der Waals surface area contributed by atoms with E-state index in [0.29, 0.717) is 0 Å². The van der Waals surface area contributed by atoms with Crippen LogP contribution < -0.4 is 5.32 Å². The number of hydrogen-bond acceptors (Lipinski definition) is 2. The van der Waals surface area contributed by atoms with Gasteiger partial charge in [0.2, 0.25) is 0 Å². The van der Waals surface area contributed by atoms with Gasteiger partial charge >= 0.3 is 0 Å². The summed E-state index contributed by atoms with van der Waals surface area (Å²) in [4.78, 5) is 0. The lowest BCUT2D eigenvalue weighted by molar-refractivity contribution is 0.434. The van der Waals surface area contributed by atoms with E-state index in [1.54, 1.807) is 0 Å². The Morgan fingerprint density at radius 2 is 2.00 bits per heavy atom. The SMILES string of the molecule is CCNC(c1ccc(C)o1)c1ccccc1Br. The van der Waals surface area contributed by atoms with E-state index in [1.165, 1.54) is 5.56 Å². The van der Waals surface area contributed by atoms with Gasteiger partial charge in [-0.2, -0.15) is 0 Å². The minimum Gasteiger partial charge on any atom is -0.464 e. The van der Waals surface area contributed by atoms with Crippen LogP contribution in [0.1, 0.15) is 30.0 Å². The van der Waals surface area contributed by atoms with E-state index in [-0.39, 0.29) is 6.04 Å². The number of hydrogen-bond donors (Lipinski definition) is 1. The van der Waals surface area contributed by atoms with E-state index in [0.717, 1.165) is 22.5 Å². The molecule has 1 aromatic carbocycles. The number of furan rings is 1. The molecule has 0 saturated heterocycles. The summed E-state index contributed by atoms with van der Waals surface area (Å²) in [6.07, 6.45) is 0. The maximum atomic E-state index is 5.72. The molecular weight excluding hydrogens is 278 g/mol.